The second-order valence-corrected chi connectivity index (χ2v) is 5.13. The van der Waals surface area contributed by atoms with Crippen LogP contribution in [0.5, 0.6) is 0 Å². The van der Waals surface area contributed by atoms with Crippen molar-refractivity contribution in [3.63, 3.8) is 0 Å². The average Bonchev–Trinajstić information content (AvgIpc) is 2.43. The Bertz CT molecular complexity index is 380. The summed E-state index contributed by atoms with van der Waals surface area (Å²) in [6, 6.07) is 5.47. The monoisotopic (exact) mass is 286 g/mol. The quantitative estimate of drug-likeness (QED) is 0.788. The van der Waals surface area contributed by atoms with Gasteiger partial charge in [-0.2, -0.15) is 0 Å². The van der Waals surface area contributed by atoms with E-state index in [0.29, 0.717) is 12.0 Å². The third kappa shape index (κ3) is 5.09. The van der Waals surface area contributed by atoms with Crippen LogP contribution in [0.4, 0.5) is 4.39 Å². The highest BCUT2D eigenvalue weighted by molar-refractivity contribution is 6.30. The predicted molar refractivity (Wildman–Crippen MR) is 80.4 cm³/mol. The van der Waals surface area contributed by atoms with E-state index in [4.69, 9.17) is 11.6 Å². The highest BCUT2D eigenvalue weighted by Crippen LogP contribution is 2.19. The molecule has 0 aliphatic rings. The first-order valence-corrected chi connectivity index (χ1v) is 7.32. The number of hydrogen-bond acceptors (Lipinski definition) is 2. The van der Waals surface area contributed by atoms with Crippen LogP contribution in [-0.4, -0.2) is 37.6 Å². The smallest absolute Gasteiger partial charge is 0.145 e. The molecule has 0 bridgehead atoms. The fraction of sp³-hybridized carbons (Fsp3) is 0.600. The SMILES string of the molecule is CCN(CC)CCC(Cc1cccc(Cl)c1F)NC. The molecule has 0 aliphatic carbocycles. The Balaban J connectivity index is 2.59. The third-order valence-electron chi connectivity index (χ3n) is 3.59. The van der Waals surface area contributed by atoms with Crippen LogP contribution in [0.3, 0.4) is 0 Å². The molecular formula is C15H24ClFN2. The van der Waals surface area contributed by atoms with Crippen molar-refractivity contribution in [1.82, 2.24) is 10.2 Å². The van der Waals surface area contributed by atoms with Crippen LogP contribution in [0.1, 0.15) is 25.8 Å². The highest BCUT2D eigenvalue weighted by Gasteiger charge is 2.13. The zero-order chi connectivity index (χ0) is 14.3. The van der Waals surface area contributed by atoms with Crippen molar-refractivity contribution in [2.45, 2.75) is 32.7 Å². The normalized spacial score (nSPS) is 12.9. The lowest BCUT2D eigenvalue weighted by molar-refractivity contribution is 0.283. The van der Waals surface area contributed by atoms with E-state index >= 15 is 0 Å². The summed E-state index contributed by atoms with van der Waals surface area (Å²) in [5.74, 6) is -0.285. The van der Waals surface area contributed by atoms with Crippen LogP contribution >= 0.6 is 11.6 Å². The minimum atomic E-state index is -0.285. The molecule has 1 N–H and O–H groups in total. The standard InChI is InChI=1S/C15H24ClFN2/c1-4-19(5-2)10-9-13(18-3)11-12-7-6-8-14(16)15(12)17/h6-8,13,18H,4-5,9-11H2,1-3H3. The summed E-state index contributed by atoms with van der Waals surface area (Å²) in [7, 11) is 1.93. The van der Waals surface area contributed by atoms with Crippen molar-refractivity contribution >= 4 is 11.6 Å². The number of nitrogens with zero attached hydrogens (tertiary/aromatic N) is 1. The van der Waals surface area contributed by atoms with Gasteiger partial charge in [0.15, 0.2) is 0 Å². The Morgan fingerprint density at radius 1 is 1.32 bits per heavy atom. The molecule has 1 aromatic carbocycles. The number of hydrogen-bond donors (Lipinski definition) is 1. The molecule has 4 heteroatoms. The first kappa shape index (κ1) is 16.4. The Labute approximate surface area is 120 Å². The highest BCUT2D eigenvalue weighted by atomic mass is 35.5. The van der Waals surface area contributed by atoms with Crippen molar-refractivity contribution in [1.29, 1.82) is 0 Å². The van der Waals surface area contributed by atoms with E-state index in [-0.39, 0.29) is 16.9 Å². The van der Waals surface area contributed by atoms with Gasteiger partial charge < -0.3 is 10.2 Å². The van der Waals surface area contributed by atoms with Gasteiger partial charge in [0.2, 0.25) is 0 Å². The first-order valence-electron chi connectivity index (χ1n) is 6.94. The molecular weight excluding hydrogens is 263 g/mol. The summed E-state index contributed by atoms with van der Waals surface area (Å²) in [6.45, 7) is 7.46. The summed E-state index contributed by atoms with van der Waals surface area (Å²) in [6.07, 6.45) is 1.67. The van der Waals surface area contributed by atoms with E-state index < -0.39 is 0 Å². The molecule has 0 heterocycles. The third-order valence-corrected chi connectivity index (χ3v) is 3.89. The average molecular weight is 287 g/mol. The predicted octanol–water partition coefficient (Wildman–Crippen LogP) is 3.34. The zero-order valence-corrected chi connectivity index (χ0v) is 12.8. The van der Waals surface area contributed by atoms with Gasteiger partial charge >= 0.3 is 0 Å². The van der Waals surface area contributed by atoms with Gasteiger partial charge in [-0.15, -0.1) is 0 Å². The van der Waals surface area contributed by atoms with Gasteiger partial charge in [0.1, 0.15) is 5.82 Å². The maximum Gasteiger partial charge on any atom is 0.145 e. The molecule has 1 unspecified atom stereocenters. The maximum atomic E-state index is 13.9. The van der Waals surface area contributed by atoms with Crippen LogP contribution in [0.2, 0.25) is 5.02 Å². The summed E-state index contributed by atoms with van der Waals surface area (Å²) in [5, 5.41) is 3.47. The van der Waals surface area contributed by atoms with Gasteiger partial charge in [0.25, 0.3) is 0 Å². The zero-order valence-electron chi connectivity index (χ0n) is 12.0. The largest absolute Gasteiger partial charge is 0.317 e. The van der Waals surface area contributed by atoms with E-state index in [1.54, 1.807) is 12.1 Å². The molecule has 0 radical (unpaired) electrons. The lowest BCUT2D eigenvalue weighted by atomic mass is 10.0. The van der Waals surface area contributed by atoms with E-state index in [2.05, 4.69) is 24.1 Å². The number of nitrogens with one attached hydrogen (secondary N) is 1. The summed E-state index contributed by atoms with van der Waals surface area (Å²) >= 11 is 5.81. The molecule has 1 aromatic rings. The Hall–Kier alpha value is -0.640. The first-order chi connectivity index (χ1) is 9.12. The Morgan fingerprint density at radius 2 is 2.00 bits per heavy atom. The van der Waals surface area contributed by atoms with Gasteiger partial charge in [-0.05, 0) is 51.2 Å². The van der Waals surface area contributed by atoms with Gasteiger partial charge in [-0.3, -0.25) is 0 Å². The lowest BCUT2D eigenvalue weighted by Gasteiger charge is -2.22. The second kappa shape index (κ2) is 8.51. The van der Waals surface area contributed by atoms with Crippen LogP contribution in [-0.2, 0) is 6.42 Å². The molecule has 1 rings (SSSR count). The van der Waals surface area contributed by atoms with Crippen LogP contribution in [0.25, 0.3) is 0 Å². The molecule has 0 amide bonds. The van der Waals surface area contributed by atoms with E-state index in [1.807, 2.05) is 13.1 Å². The molecule has 0 saturated carbocycles. The fourth-order valence-corrected chi connectivity index (χ4v) is 2.39. The topological polar surface area (TPSA) is 15.3 Å². The van der Waals surface area contributed by atoms with Crippen molar-refractivity contribution in [3.8, 4) is 0 Å². The molecule has 1 atom stereocenters. The van der Waals surface area contributed by atoms with E-state index in [0.717, 1.165) is 26.1 Å². The Morgan fingerprint density at radius 3 is 2.58 bits per heavy atom. The van der Waals surface area contributed by atoms with Crippen molar-refractivity contribution < 1.29 is 4.39 Å². The second-order valence-electron chi connectivity index (χ2n) is 4.72. The van der Waals surface area contributed by atoms with Gasteiger partial charge in [0.05, 0.1) is 5.02 Å². The molecule has 0 fully saturated rings. The van der Waals surface area contributed by atoms with Gasteiger partial charge in [-0.1, -0.05) is 37.6 Å². The molecule has 0 aromatic heterocycles. The summed E-state index contributed by atoms with van der Waals surface area (Å²) in [4.78, 5) is 2.37. The molecule has 19 heavy (non-hydrogen) atoms. The number of rotatable bonds is 8. The minimum Gasteiger partial charge on any atom is -0.317 e. The number of benzene rings is 1. The lowest BCUT2D eigenvalue weighted by Crippen LogP contribution is -2.34. The van der Waals surface area contributed by atoms with E-state index in [9.17, 15) is 4.39 Å². The van der Waals surface area contributed by atoms with Crippen LogP contribution < -0.4 is 5.32 Å². The number of likely N-dealkylation sites (N-methyl/N-ethyl adjacent to an activating group) is 1. The minimum absolute atomic E-state index is 0.205. The van der Waals surface area contributed by atoms with Crippen LogP contribution in [0.15, 0.2) is 18.2 Å². The molecule has 0 spiro atoms. The van der Waals surface area contributed by atoms with Crippen molar-refractivity contribution in [2.75, 3.05) is 26.7 Å². The van der Waals surface area contributed by atoms with E-state index in [1.165, 1.54) is 0 Å². The van der Waals surface area contributed by atoms with Crippen molar-refractivity contribution in [2.24, 2.45) is 0 Å². The van der Waals surface area contributed by atoms with Crippen molar-refractivity contribution in [3.05, 3.63) is 34.6 Å². The fourth-order valence-electron chi connectivity index (χ4n) is 2.20. The summed E-state index contributed by atoms with van der Waals surface area (Å²) < 4.78 is 13.9. The van der Waals surface area contributed by atoms with Gasteiger partial charge in [0, 0.05) is 6.04 Å². The molecule has 0 aliphatic heterocycles. The molecule has 2 nitrogen and oxygen atoms in total. The molecule has 0 saturated heterocycles. The number of halogens is 2. The molecule has 108 valence electrons. The van der Waals surface area contributed by atoms with Gasteiger partial charge in [-0.25, -0.2) is 4.39 Å². The Kier molecular flexibility index (Phi) is 7.36. The van der Waals surface area contributed by atoms with Crippen LogP contribution in [0, 0.1) is 5.82 Å². The summed E-state index contributed by atoms with van der Waals surface area (Å²) in [5.41, 5.74) is 0.686. The maximum absolute atomic E-state index is 13.9.